The Kier molecular flexibility index (Phi) is 4.15. The predicted molar refractivity (Wildman–Crippen MR) is 75.4 cm³/mol. The van der Waals surface area contributed by atoms with Crippen LogP contribution in [0.5, 0.6) is 0 Å². The lowest BCUT2D eigenvalue weighted by Gasteiger charge is -2.12. The van der Waals surface area contributed by atoms with Crippen LogP contribution in [0.1, 0.15) is 32.4 Å². The first kappa shape index (κ1) is 12.8. The van der Waals surface area contributed by atoms with Crippen molar-refractivity contribution in [1.29, 1.82) is 0 Å². The van der Waals surface area contributed by atoms with Gasteiger partial charge in [-0.3, -0.25) is 4.68 Å². The van der Waals surface area contributed by atoms with Crippen molar-refractivity contribution < 1.29 is 0 Å². The van der Waals surface area contributed by atoms with Crippen LogP contribution >= 0.6 is 0 Å². The maximum atomic E-state index is 4.30. The summed E-state index contributed by atoms with van der Waals surface area (Å²) in [5.41, 5.74) is 3.73. The molecule has 1 atom stereocenters. The molecule has 0 aliphatic carbocycles. The van der Waals surface area contributed by atoms with Gasteiger partial charge in [0.05, 0.1) is 6.20 Å². The Morgan fingerprint density at radius 2 is 1.89 bits per heavy atom. The molecule has 1 aromatic carbocycles. The summed E-state index contributed by atoms with van der Waals surface area (Å²) in [6.45, 7) is 8.32. The van der Waals surface area contributed by atoms with Crippen LogP contribution in [0.15, 0.2) is 36.7 Å². The van der Waals surface area contributed by atoms with E-state index in [0.717, 1.165) is 13.1 Å². The third kappa shape index (κ3) is 2.79. The predicted octanol–water partition coefficient (Wildman–Crippen LogP) is 3.24. The molecule has 0 bridgehead atoms. The molecular weight excluding hydrogens is 222 g/mol. The second kappa shape index (κ2) is 5.83. The first-order valence-corrected chi connectivity index (χ1v) is 6.60. The molecule has 2 rings (SSSR count). The molecule has 0 fully saturated rings. The Hall–Kier alpha value is -1.61. The number of nitrogens with zero attached hydrogens (tertiary/aromatic N) is 2. The summed E-state index contributed by atoms with van der Waals surface area (Å²) in [6.07, 6.45) is 4.01. The van der Waals surface area contributed by atoms with Crippen molar-refractivity contribution in [2.45, 2.75) is 33.4 Å². The van der Waals surface area contributed by atoms with E-state index in [0.29, 0.717) is 6.04 Å². The van der Waals surface area contributed by atoms with Gasteiger partial charge in [0.25, 0.3) is 0 Å². The highest BCUT2D eigenvalue weighted by Gasteiger charge is 2.05. The molecule has 2 aromatic rings. The van der Waals surface area contributed by atoms with Gasteiger partial charge in [0.15, 0.2) is 0 Å². The van der Waals surface area contributed by atoms with Crippen molar-refractivity contribution in [1.82, 2.24) is 15.1 Å². The molecule has 96 valence electrons. The van der Waals surface area contributed by atoms with Gasteiger partial charge in [-0.25, -0.2) is 0 Å². The van der Waals surface area contributed by atoms with Crippen LogP contribution in [0.2, 0.25) is 0 Å². The minimum absolute atomic E-state index is 0.405. The number of hydrogen-bond acceptors (Lipinski definition) is 2. The van der Waals surface area contributed by atoms with E-state index in [-0.39, 0.29) is 0 Å². The molecule has 0 spiro atoms. The van der Waals surface area contributed by atoms with Crippen molar-refractivity contribution in [2.75, 3.05) is 6.54 Å². The van der Waals surface area contributed by atoms with Gasteiger partial charge < -0.3 is 5.32 Å². The number of nitrogens with one attached hydrogen (secondary N) is 1. The molecule has 0 saturated heterocycles. The molecule has 0 saturated carbocycles. The van der Waals surface area contributed by atoms with Crippen LogP contribution in [0, 0.1) is 0 Å². The van der Waals surface area contributed by atoms with E-state index < -0.39 is 0 Å². The van der Waals surface area contributed by atoms with Gasteiger partial charge in [0, 0.05) is 24.3 Å². The van der Waals surface area contributed by atoms with Gasteiger partial charge in [-0.15, -0.1) is 0 Å². The smallest absolute Gasteiger partial charge is 0.0568 e. The average molecular weight is 243 g/mol. The summed E-state index contributed by atoms with van der Waals surface area (Å²) < 4.78 is 1.95. The summed E-state index contributed by atoms with van der Waals surface area (Å²) >= 11 is 0. The third-order valence-electron chi connectivity index (χ3n) is 3.21. The number of hydrogen-bond donors (Lipinski definition) is 1. The second-order valence-electron chi connectivity index (χ2n) is 4.49. The molecule has 0 radical (unpaired) electrons. The van der Waals surface area contributed by atoms with Crippen molar-refractivity contribution in [2.24, 2.45) is 0 Å². The summed E-state index contributed by atoms with van der Waals surface area (Å²) in [4.78, 5) is 0. The lowest BCUT2D eigenvalue weighted by molar-refractivity contribution is 0.598. The summed E-state index contributed by atoms with van der Waals surface area (Å²) in [5.74, 6) is 0. The van der Waals surface area contributed by atoms with E-state index in [2.05, 4.69) is 61.6 Å². The average Bonchev–Trinajstić information content (AvgIpc) is 2.88. The van der Waals surface area contributed by atoms with Crippen LogP contribution in [-0.4, -0.2) is 16.3 Å². The zero-order chi connectivity index (χ0) is 13.0. The van der Waals surface area contributed by atoms with Gasteiger partial charge in [0.2, 0.25) is 0 Å². The molecule has 0 amide bonds. The highest BCUT2D eigenvalue weighted by molar-refractivity contribution is 5.62. The van der Waals surface area contributed by atoms with Crippen LogP contribution in [-0.2, 0) is 6.54 Å². The maximum absolute atomic E-state index is 4.30. The fourth-order valence-corrected chi connectivity index (χ4v) is 2.07. The molecule has 18 heavy (non-hydrogen) atoms. The van der Waals surface area contributed by atoms with E-state index in [1.165, 1.54) is 16.7 Å². The first-order valence-electron chi connectivity index (χ1n) is 6.60. The lowest BCUT2D eigenvalue weighted by Crippen LogP contribution is -2.17. The second-order valence-corrected chi connectivity index (χ2v) is 4.49. The highest BCUT2D eigenvalue weighted by Crippen LogP contribution is 2.21. The van der Waals surface area contributed by atoms with E-state index in [1.807, 2.05) is 10.9 Å². The van der Waals surface area contributed by atoms with Crippen molar-refractivity contribution in [3.63, 3.8) is 0 Å². The molecule has 0 aliphatic heterocycles. The zero-order valence-electron chi connectivity index (χ0n) is 11.4. The van der Waals surface area contributed by atoms with Gasteiger partial charge >= 0.3 is 0 Å². The quantitative estimate of drug-likeness (QED) is 0.873. The van der Waals surface area contributed by atoms with E-state index >= 15 is 0 Å². The Morgan fingerprint density at radius 3 is 2.44 bits per heavy atom. The standard InChI is InChI=1S/C15H21N3/c1-4-16-12(3)13-6-8-14(9-7-13)15-10-17-18(5-2)11-15/h6-12,16H,4-5H2,1-3H3. The van der Waals surface area contributed by atoms with Crippen LogP contribution in [0.25, 0.3) is 11.1 Å². The molecule has 1 unspecified atom stereocenters. The summed E-state index contributed by atoms with van der Waals surface area (Å²) in [5, 5.41) is 7.72. The van der Waals surface area contributed by atoms with Crippen LogP contribution in [0.3, 0.4) is 0 Å². The third-order valence-corrected chi connectivity index (χ3v) is 3.21. The fourth-order valence-electron chi connectivity index (χ4n) is 2.07. The highest BCUT2D eigenvalue weighted by atomic mass is 15.3. The SMILES string of the molecule is CCNC(C)c1ccc(-c2cnn(CC)c2)cc1. The van der Waals surface area contributed by atoms with E-state index in [4.69, 9.17) is 0 Å². The van der Waals surface area contributed by atoms with Crippen LogP contribution in [0.4, 0.5) is 0 Å². The number of aromatic nitrogens is 2. The van der Waals surface area contributed by atoms with Crippen molar-refractivity contribution in [3.8, 4) is 11.1 Å². The normalized spacial score (nSPS) is 12.6. The molecular formula is C15H21N3. The van der Waals surface area contributed by atoms with Gasteiger partial charge in [-0.05, 0) is 31.5 Å². The molecule has 1 aromatic heterocycles. The number of aryl methyl sites for hydroxylation is 1. The fraction of sp³-hybridized carbons (Fsp3) is 0.400. The number of benzene rings is 1. The van der Waals surface area contributed by atoms with Gasteiger partial charge in [-0.1, -0.05) is 31.2 Å². The van der Waals surface area contributed by atoms with Gasteiger partial charge in [0.1, 0.15) is 0 Å². The summed E-state index contributed by atoms with van der Waals surface area (Å²) in [6, 6.07) is 9.11. The Morgan fingerprint density at radius 1 is 1.17 bits per heavy atom. The topological polar surface area (TPSA) is 29.9 Å². The molecule has 1 heterocycles. The lowest BCUT2D eigenvalue weighted by atomic mass is 10.0. The van der Waals surface area contributed by atoms with Crippen molar-refractivity contribution in [3.05, 3.63) is 42.2 Å². The Bertz CT molecular complexity index is 485. The van der Waals surface area contributed by atoms with Crippen molar-refractivity contribution >= 4 is 0 Å². The summed E-state index contributed by atoms with van der Waals surface area (Å²) in [7, 11) is 0. The molecule has 3 nitrogen and oxygen atoms in total. The molecule has 1 N–H and O–H groups in total. The van der Waals surface area contributed by atoms with Crippen LogP contribution < -0.4 is 5.32 Å². The van der Waals surface area contributed by atoms with Gasteiger partial charge in [-0.2, -0.15) is 5.10 Å². The monoisotopic (exact) mass is 243 g/mol. The Balaban J connectivity index is 2.16. The Labute approximate surface area is 109 Å². The first-order chi connectivity index (χ1) is 8.74. The minimum Gasteiger partial charge on any atom is -0.310 e. The zero-order valence-corrected chi connectivity index (χ0v) is 11.4. The number of rotatable bonds is 5. The molecule has 0 aliphatic rings. The van der Waals surface area contributed by atoms with E-state index in [1.54, 1.807) is 0 Å². The van der Waals surface area contributed by atoms with E-state index in [9.17, 15) is 0 Å². The minimum atomic E-state index is 0.405. The largest absolute Gasteiger partial charge is 0.310 e. The maximum Gasteiger partial charge on any atom is 0.0568 e. The molecule has 3 heteroatoms.